The van der Waals surface area contributed by atoms with E-state index in [1.807, 2.05) is 0 Å². The Bertz CT molecular complexity index is 1040. The quantitative estimate of drug-likeness (QED) is 0.0477. The zero-order valence-corrected chi connectivity index (χ0v) is 26.1. The van der Waals surface area contributed by atoms with Crippen molar-refractivity contribution in [2.45, 2.75) is 114 Å². The molecule has 2 rings (SSSR count). The number of hydrogen-bond donors (Lipinski definition) is 1. The standard InChI is InChI=1S/C34H47Cl2NO4/c1-2-3-4-5-6-7-8-9-10-11-12-13-14-15-16-20-26-41-32(39)29-24-21-25-30(27-29)37-33(40)34(35,36)31(38)28-22-18-17-19-23-28/h17-19,21-25,27H,2-16,20,26H2,1H3,(H,37,40). The third-order valence-electron chi connectivity index (χ3n) is 7.19. The number of hydrogen-bond acceptors (Lipinski definition) is 4. The number of halogens is 2. The molecule has 0 atom stereocenters. The highest BCUT2D eigenvalue weighted by atomic mass is 35.5. The Morgan fingerprint density at radius 2 is 1.15 bits per heavy atom. The molecular weight excluding hydrogens is 557 g/mol. The summed E-state index contributed by atoms with van der Waals surface area (Å²) in [5.41, 5.74) is 0.806. The SMILES string of the molecule is CCCCCCCCCCCCCCCCCCOC(=O)c1cccc(NC(=O)C(Cl)(Cl)C(=O)c2ccccc2)c1. The summed E-state index contributed by atoms with van der Waals surface area (Å²) in [7, 11) is 0. The van der Waals surface area contributed by atoms with E-state index in [4.69, 9.17) is 27.9 Å². The van der Waals surface area contributed by atoms with Crippen LogP contribution < -0.4 is 5.32 Å². The first-order chi connectivity index (χ1) is 19.9. The topological polar surface area (TPSA) is 72.5 Å². The lowest BCUT2D eigenvalue weighted by atomic mass is 10.0. The van der Waals surface area contributed by atoms with Crippen LogP contribution in [-0.4, -0.2) is 28.6 Å². The second kappa shape index (κ2) is 20.5. The smallest absolute Gasteiger partial charge is 0.338 e. The number of nitrogens with one attached hydrogen (secondary N) is 1. The molecule has 2 aromatic carbocycles. The Kier molecular flexibility index (Phi) is 17.4. The molecule has 41 heavy (non-hydrogen) atoms. The molecule has 5 nitrogen and oxygen atoms in total. The van der Waals surface area contributed by atoms with Crippen LogP contribution in [-0.2, 0) is 9.53 Å². The Morgan fingerprint density at radius 1 is 0.659 bits per heavy atom. The van der Waals surface area contributed by atoms with Crippen LogP contribution in [0.5, 0.6) is 0 Å². The molecule has 0 saturated carbocycles. The van der Waals surface area contributed by atoms with E-state index in [1.165, 1.54) is 102 Å². The summed E-state index contributed by atoms with van der Waals surface area (Å²) in [6.07, 6.45) is 20.6. The van der Waals surface area contributed by atoms with Crippen molar-refractivity contribution in [2.75, 3.05) is 11.9 Å². The molecule has 0 aliphatic heterocycles. The molecule has 1 amide bonds. The number of benzene rings is 2. The van der Waals surface area contributed by atoms with Gasteiger partial charge in [0.2, 0.25) is 5.78 Å². The number of Topliss-reactive ketones (excluding diaryl/α,β-unsaturated/α-hetero) is 1. The number of carbonyl (C=O) groups is 3. The van der Waals surface area contributed by atoms with Crippen molar-refractivity contribution in [2.24, 2.45) is 0 Å². The molecule has 226 valence electrons. The number of anilines is 1. The third-order valence-corrected chi connectivity index (χ3v) is 7.88. The largest absolute Gasteiger partial charge is 0.462 e. The van der Waals surface area contributed by atoms with E-state index in [1.54, 1.807) is 36.4 Å². The average Bonchev–Trinajstić information content (AvgIpc) is 2.98. The summed E-state index contributed by atoms with van der Waals surface area (Å²) in [4.78, 5) is 37.8. The molecule has 0 spiro atoms. The Hall–Kier alpha value is -2.37. The molecule has 7 heteroatoms. The number of alkyl halides is 2. The van der Waals surface area contributed by atoms with E-state index in [0.29, 0.717) is 17.9 Å². The van der Waals surface area contributed by atoms with Crippen molar-refractivity contribution < 1.29 is 19.1 Å². The minimum atomic E-state index is -2.31. The Labute approximate surface area is 256 Å². The molecule has 0 radical (unpaired) electrons. The fraction of sp³-hybridized carbons (Fsp3) is 0.559. The second-order valence-corrected chi connectivity index (χ2v) is 12.1. The lowest BCUT2D eigenvalue weighted by Gasteiger charge is -2.18. The summed E-state index contributed by atoms with van der Waals surface area (Å²) in [6.45, 7) is 2.62. The molecule has 0 unspecified atom stereocenters. The van der Waals surface area contributed by atoms with Crippen molar-refractivity contribution >= 4 is 46.5 Å². The van der Waals surface area contributed by atoms with Crippen molar-refractivity contribution in [3.05, 3.63) is 65.7 Å². The Morgan fingerprint density at radius 3 is 1.68 bits per heavy atom. The number of rotatable bonds is 22. The van der Waals surface area contributed by atoms with Gasteiger partial charge in [-0.3, -0.25) is 9.59 Å². The first-order valence-electron chi connectivity index (χ1n) is 15.4. The minimum absolute atomic E-state index is 0.221. The predicted molar refractivity (Wildman–Crippen MR) is 170 cm³/mol. The highest BCUT2D eigenvalue weighted by Gasteiger charge is 2.42. The van der Waals surface area contributed by atoms with Crippen LogP contribution >= 0.6 is 23.2 Å². The van der Waals surface area contributed by atoms with Gasteiger partial charge in [0.1, 0.15) is 0 Å². The number of ether oxygens (including phenoxy) is 1. The molecule has 2 aromatic rings. The van der Waals surface area contributed by atoms with Gasteiger partial charge < -0.3 is 10.1 Å². The molecular formula is C34H47Cl2NO4. The number of amides is 1. The normalized spacial score (nSPS) is 11.3. The van der Waals surface area contributed by atoms with Gasteiger partial charge in [0.25, 0.3) is 10.2 Å². The van der Waals surface area contributed by atoms with Gasteiger partial charge in [-0.2, -0.15) is 0 Å². The van der Waals surface area contributed by atoms with Crippen LogP contribution in [0.3, 0.4) is 0 Å². The first kappa shape index (κ1) is 34.8. The fourth-order valence-corrected chi connectivity index (χ4v) is 5.02. The van der Waals surface area contributed by atoms with Gasteiger partial charge in [0.15, 0.2) is 0 Å². The van der Waals surface area contributed by atoms with Crippen LogP contribution in [0.2, 0.25) is 0 Å². The summed E-state index contributed by atoms with van der Waals surface area (Å²) < 4.78 is 3.10. The van der Waals surface area contributed by atoms with E-state index in [-0.39, 0.29) is 5.56 Å². The van der Waals surface area contributed by atoms with Crippen LogP contribution in [0.4, 0.5) is 5.69 Å². The minimum Gasteiger partial charge on any atom is -0.462 e. The summed E-state index contributed by atoms with van der Waals surface area (Å²) >= 11 is 12.2. The molecule has 0 fully saturated rings. The Balaban J connectivity index is 1.56. The van der Waals surface area contributed by atoms with Crippen molar-refractivity contribution in [3.63, 3.8) is 0 Å². The van der Waals surface area contributed by atoms with E-state index in [9.17, 15) is 14.4 Å². The fourth-order valence-electron chi connectivity index (χ4n) is 4.71. The van der Waals surface area contributed by atoms with Gasteiger partial charge in [-0.15, -0.1) is 0 Å². The molecule has 0 heterocycles. The predicted octanol–water partition coefficient (Wildman–Crippen LogP) is 10.1. The van der Waals surface area contributed by atoms with E-state index in [2.05, 4.69) is 12.2 Å². The number of carbonyl (C=O) groups excluding carboxylic acids is 3. The van der Waals surface area contributed by atoms with Crippen molar-refractivity contribution in [3.8, 4) is 0 Å². The van der Waals surface area contributed by atoms with Gasteiger partial charge in [0, 0.05) is 11.3 Å². The third kappa shape index (κ3) is 13.9. The van der Waals surface area contributed by atoms with Crippen LogP contribution in [0, 0.1) is 0 Å². The van der Waals surface area contributed by atoms with E-state index >= 15 is 0 Å². The lowest BCUT2D eigenvalue weighted by Crippen LogP contribution is -2.40. The maximum Gasteiger partial charge on any atom is 0.338 e. The molecule has 0 aromatic heterocycles. The van der Waals surface area contributed by atoms with Crippen LogP contribution in [0.1, 0.15) is 130 Å². The van der Waals surface area contributed by atoms with Gasteiger partial charge >= 0.3 is 5.97 Å². The molecule has 1 N–H and O–H groups in total. The van der Waals surface area contributed by atoms with Gasteiger partial charge in [0.05, 0.1) is 12.2 Å². The monoisotopic (exact) mass is 603 g/mol. The van der Waals surface area contributed by atoms with Gasteiger partial charge in [-0.25, -0.2) is 4.79 Å². The highest BCUT2D eigenvalue weighted by molar-refractivity contribution is 6.70. The lowest BCUT2D eigenvalue weighted by molar-refractivity contribution is -0.116. The van der Waals surface area contributed by atoms with Crippen molar-refractivity contribution in [1.82, 2.24) is 0 Å². The summed E-state index contributed by atoms with van der Waals surface area (Å²) in [5.74, 6) is -2.09. The van der Waals surface area contributed by atoms with Crippen LogP contribution in [0.25, 0.3) is 0 Å². The number of unbranched alkanes of at least 4 members (excludes halogenated alkanes) is 15. The van der Waals surface area contributed by atoms with Crippen LogP contribution in [0.15, 0.2) is 54.6 Å². The van der Waals surface area contributed by atoms with E-state index in [0.717, 1.165) is 19.3 Å². The van der Waals surface area contributed by atoms with Gasteiger partial charge in [-0.05, 0) is 24.6 Å². The maximum atomic E-state index is 12.7. The van der Waals surface area contributed by atoms with Gasteiger partial charge in [-0.1, -0.05) is 163 Å². The summed E-state index contributed by atoms with van der Waals surface area (Å²) in [6, 6.07) is 14.4. The van der Waals surface area contributed by atoms with Crippen molar-refractivity contribution in [1.29, 1.82) is 0 Å². The maximum absolute atomic E-state index is 12.7. The highest BCUT2D eigenvalue weighted by Crippen LogP contribution is 2.28. The number of ketones is 1. The summed E-state index contributed by atoms with van der Waals surface area (Å²) in [5, 5.41) is 2.52. The average molecular weight is 605 g/mol. The molecule has 0 bridgehead atoms. The molecule has 0 aliphatic rings. The first-order valence-corrected chi connectivity index (χ1v) is 16.2. The molecule has 0 saturated heterocycles. The number of esters is 1. The molecule has 0 aliphatic carbocycles. The van der Waals surface area contributed by atoms with E-state index < -0.39 is 22.0 Å². The zero-order valence-electron chi connectivity index (χ0n) is 24.6. The second-order valence-electron chi connectivity index (χ2n) is 10.7. The zero-order chi connectivity index (χ0) is 29.8.